The highest BCUT2D eigenvalue weighted by molar-refractivity contribution is 5.85. The predicted octanol–water partition coefficient (Wildman–Crippen LogP) is 3.27. The average molecular weight is 340 g/mol. The summed E-state index contributed by atoms with van der Waals surface area (Å²) in [4.78, 5) is 4.43. The standard InChI is InChI=1S/C17H25N3O2.ClH/c1-12(2)11-21-15-7-5-14(6-8-15)10-17-19-16(20-22-17)9-13(3)18-4;/h5-8,12-13,18H,9-11H2,1-4H3;1H. The molecule has 1 heterocycles. The van der Waals surface area contributed by atoms with Gasteiger partial charge in [-0.2, -0.15) is 4.98 Å². The van der Waals surface area contributed by atoms with Gasteiger partial charge in [0.25, 0.3) is 0 Å². The van der Waals surface area contributed by atoms with E-state index in [2.05, 4.69) is 36.2 Å². The Bertz CT molecular complexity index is 569. The number of hydrogen-bond donors (Lipinski definition) is 1. The fraction of sp³-hybridized carbons (Fsp3) is 0.529. The molecule has 128 valence electrons. The Labute approximate surface area is 144 Å². The number of ether oxygens (including phenoxy) is 1. The van der Waals surface area contributed by atoms with Crippen LogP contribution in [0.5, 0.6) is 5.75 Å². The smallest absolute Gasteiger partial charge is 0.231 e. The van der Waals surface area contributed by atoms with E-state index in [0.29, 0.717) is 24.3 Å². The number of rotatable bonds is 8. The van der Waals surface area contributed by atoms with Gasteiger partial charge in [-0.15, -0.1) is 12.4 Å². The van der Waals surface area contributed by atoms with Crippen molar-refractivity contribution in [2.75, 3.05) is 13.7 Å². The zero-order valence-corrected chi connectivity index (χ0v) is 15.0. The minimum atomic E-state index is 0. The van der Waals surface area contributed by atoms with E-state index in [9.17, 15) is 0 Å². The summed E-state index contributed by atoms with van der Waals surface area (Å²) in [7, 11) is 1.93. The summed E-state index contributed by atoms with van der Waals surface area (Å²) in [6, 6.07) is 8.38. The summed E-state index contributed by atoms with van der Waals surface area (Å²) in [5.74, 6) is 2.81. The molecule has 0 saturated carbocycles. The maximum Gasteiger partial charge on any atom is 0.231 e. The molecular weight excluding hydrogens is 314 g/mol. The van der Waals surface area contributed by atoms with Crippen LogP contribution >= 0.6 is 12.4 Å². The van der Waals surface area contributed by atoms with Crippen molar-refractivity contribution in [1.82, 2.24) is 15.5 Å². The minimum absolute atomic E-state index is 0. The Hall–Kier alpha value is -1.59. The van der Waals surface area contributed by atoms with Crippen LogP contribution in [0, 0.1) is 5.92 Å². The maximum absolute atomic E-state index is 5.67. The van der Waals surface area contributed by atoms with Gasteiger partial charge in [0, 0.05) is 12.5 Å². The Kier molecular flexibility index (Phi) is 8.06. The Morgan fingerprint density at radius 3 is 2.48 bits per heavy atom. The molecule has 1 atom stereocenters. The molecule has 0 radical (unpaired) electrons. The Balaban J connectivity index is 0.00000264. The third-order valence-electron chi connectivity index (χ3n) is 3.35. The third kappa shape index (κ3) is 6.59. The quantitative estimate of drug-likeness (QED) is 0.799. The molecule has 0 aliphatic rings. The highest BCUT2D eigenvalue weighted by atomic mass is 35.5. The van der Waals surface area contributed by atoms with Crippen molar-refractivity contribution in [3.05, 3.63) is 41.5 Å². The van der Waals surface area contributed by atoms with Crippen LogP contribution in [-0.2, 0) is 12.8 Å². The predicted molar refractivity (Wildman–Crippen MR) is 93.4 cm³/mol. The molecule has 5 nitrogen and oxygen atoms in total. The molecule has 0 fully saturated rings. The number of nitrogens with zero attached hydrogens (tertiary/aromatic N) is 2. The molecule has 1 aromatic carbocycles. The molecule has 0 bridgehead atoms. The van der Waals surface area contributed by atoms with E-state index in [-0.39, 0.29) is 12.4 Å². The van der Waals surface area contributed by atoms with Gasteiger partial charge in [0.05, 0.1) is 13.0 Å². The van der Waals surface area contributed by atoms with Gasteiger partial charge in [0.2, 0.25) is 5.89 Å². The summed E-state index contributed by atoms with van der Waals surface area (Å²) in [6.45, 7) is 7.09. The van der Waals surface area contributed by atoms with E-state index in [0.717, 1.165) is 30.2 Å². The van der Waals surface area contributed by atoms with Gasteiger partial charge in [0.15, 0.2) is 5.82 Å². The SMILES string of the molecule is CNC(C)Cc1noc(Cc2ccc(OCC(C)C)cc2)n1.Cl. The molecule has 0 aliphatic carbocycles. The number of hydrogen-bond acceptors (Lipinski definition) is 5. The van der Waals surface area contributed by atoms with Crippen molar-refractivity contribution in [3.8, 4) is 5.75 Å². The first-order valence-electron chi connectivity index (χ1n) is 7.77. The van der Waals surface area contributed by atoms with E-state index in [1.54, 1.807) is 0 Å². The first-order valence-corrected chi connectivity index (χ1v) is 7.77. The van der Waals surface area contributed by atoms with Crippen LogP contribution < -0.4 is 10.1 Å². The summed E-state index contributed by atoms with van der Waals surface area (Å²) in [5.41, 5.74) is 1.13. The second-order valence-corrected chi connectivity index (χ2v) is 6.02. The summed E-state index contributed by atoms with van der Waals surface area (Å²) in [6.07, 6.45) is 1.41. The third-order valence-corrected chi connectivity index (χ3v) is 3.35. The van der Waals surface area contributed by atoms with Crippen molar-refractivity contribution >= 4 is 12.4 Å². The fourth-order valence-corrected chi connectivity index (χ4v) is 1.96. The van der Waals surface area contributed by atoms with Crippen molar-refractivity contribution in [1.29, 1.82) is 0 Å². The lowest BCUT2D eigenvalue weighted by Gasteiger charge is -2.08. The fourth-order valence-electron chi connectivity index (χ4n) is 1.96. The van der Waals surface area contributed by atoms with Crippen molar-refractivity contribution < 1.29 is 9.26 Å². The molecule has 6 heteroatoms. The second kappa shape index (κ2) is 9.53. The normalized spacial score (nSPS) is 12.0. The average Bonchev–Trinajstić information content (AvgIpc) is 2.93. The molecule has 2 aromatic rings. The molecule has 1 N–H and O–H groups in total. The van der Waals surface area contributed by atoms with E-state index in [1.807, 2.05) is 31.3 Å². The van der Waals surface area contributed by atoms with Crippen LogP contribution in [0.4, 0.5) is 0 Å². The minimum Gasteiger partial charge on any atom is -0.493 e. The first kappa shape index (κ1) is 19.5. The van der Waals surface area contributed by atoms with Gasteiger partial charge >= 0.3 is 0 Å². The van der Waals surface area contributed by atoms with Crippen LogP contribution in [0.25, 0.3) is 0 Å². The van der Waals surface area contributed by atoms with Crippen LogP contribution in [-0.4, -0.2) is 29.8 Å². The molecule has 0 aliphatic heterocycles. The molecule has 0 saturated heterocycles. The number of halogens is 1. The van der Waals surface area contributed by atoms with Crippen LogP contribution in [0.2, 0.25) is 0 Å². The lowest BCUT2D eigenvalue weighted by molar-refractivity contribution is 0.271. The molecule has 23 heavy (non-hydrogen) atoms. The molecule has 0 spiro atoms. The highest BCUT2D eigenvalue weighted by Crippen LogP contribution is 2.15. The Morgan fingerprint density at radius 2 is 1.87 bits per heavy atom. The lowest BCUT2D eigenvalue weighted by atomic mass is 10.1. The topological polar surface area (TPSA) is 60.2 Å². The summed E-state index contributed by atoms with van der Waals surface area (Å²) < 4.78 is 11.0. The van der Waals surface area contributed by atoms with Gasteiger partial charge in [-0.25, -0.2) is 0 Å². The van der Waals surface area contributed by atoms with Gasteiger partial charge in [0.1, 0.15) is 5.75 Å². The summed E-state index contributed by atoms with van der Waals surface area (Å²) in [5, 5.41) is 7.18. The number of aromatic nitrogens is 2. The van der Waals surface area contributed by atoms with Crippen molar-refractivity contribution in [2.45, 2.75) is 39.7 Å². The number of nitrogens with one attached hydrogen (secondary N) is 1. The van der Waals surface area contributed by atoms with Crippen molar-refractivity contribution in [2.24, 2.45) is 5.92 Å². The zero-order chi connectivity index (χ0) is 15.9. The number of benzene rings is 1. The number of likely N-dealkylation sites (N-methyl/N-ethyl adjacent to an activating group) is 1. The first-order chi connectivity index (χ1) is 10.6. The second-order valence-electron chi connectivity index (χ2n) is 6.02. The van der Waals surface area contributed by atoms with E-state index >= 15 is 0 Å². The maximum atomic E-state index is 5.67. The molecule has 1 unspecified atom stereocenters. The molecule has 0 amide bonds. The van der Waals surface area contributed by atoms with Crippen LogP contribution in [0.15, 0.2) is 28.8 Å². The van der Waals surface area contributed by atoms with Crippen molar-refractivity contribution in [3.63, 3.8) is 0 Å². The Morgan fingerprint density at radius 1 is 1.17 bits per heavy atom. The van der Waals surface area contributed by atoms with Crippen LogP contribution in [0.1, 0.15) is 38.0 Å². The summed E-state index contributed by atoms with van der Waals surface area (Å²) >= 11 is 0. The van der Waals surface area contributed by atoms with Gasteiger partial charge in [-0.3, -0.25) is 0 Å². The van der Waals surface area contributed by atoms with Crippen LogP contribution in [0.3, 0.4) is 0 Å². The lowest BCUT2D eigenvalue weighted by Crippen LogP contribution is -2.24. The highest BCUT2D eigenvalue weighted by Gasteiger charge is 2.10. The largest absolute Gasteiger partial charge is 0.493 e. The molecule has 1 aromatic heterocycles. The monoisotopic (exact) mass is 339 g/mol. The zero-order valence-electron chi connectivity index (χ0n) is 14.2. The van der Waals surface area contributed by atoms with E-state index in [4.69, 9.17) is 9.26 Å². The van der Waals surface area contributed by atoms with Gasteiger partial charge in [-0.1, -0.05) is 31.1 Å². The van der Waals surface area contributed by atoms with Gasteiger partial charge in [-0.05, 0) is 37.6 Å². The van der Waals surface area contributed by atoms with E-state index < -0.39 is 0 Å². The van der Waals surface area contributed by atoms with Gasteiger partial charge < -0.3 is 14.6 Å². The molecular formula is C17H26ClN3O2. The van der Waals surface area contributed by atoms with E-state index in [1.165, 1.54) is 0 Å². The molecule has 2 rings (SSSR count).